The number of hydrogen-bond acceptors (Lipinski definition) is 6. The fraction of sp³-hybridized carbons (Fsp3) is 0.167. The molecule has 2 heterocycles. The van der Waals surface area contributed by atoms with E-state index < -0.39 is 0 Å². The third kappa shape index (κ3) is 2.05. The van der Waals surface area contributed by atoms with Crippen molar-refractivity contribution >= 4 is 0 Å². The monoisotopic (exact) mass is 245 g/mol. The predicted octanol–water partition coefficient (Wildman–Crippen LogP) is 1.46. The molecule has 2 N–H and O–H groups in total. The van der Waals surface area contributed by atoms with Gasteiger partial charge in [0.1, 0.15) is 5.75 Å². The van der Waals surface area contributed by atoms with Crippen molar-refractivity contribution in [1.29, 1.82) is 0 Å². The van der Waals surface area contributed by atoms with Crippen molar-refractivity contribution in [2.45, 2.75) is 6.54 Å². The van der Waals surface area contributed by atoms with Gasteiger partial charge in [-0.05, 0) is 18.2 Å². The summed E-state index contributed by atoms with van der Waals surface area (Å²) in [7, 11) is 0. The van der Waals surface area contributed by atoms with Crippen molar-refractivity contribution in [2.75, 3.05) is 6.79 Å². The second-order valence-corrected chi connectivity index (χ2v) is 3.68. The van der Waals surface area contributed by atoms with Crippen LogP contribution in [0.15, 0.2) is 30.3 Å². The lowest BCUT2D eigenvalue weighted by Crippen LogP contribution is -2.01. The molecule has 92 valence electrons. The van der Waals surface area contributed by atoms with E-state index in [-0.39, 0.29) is 6.79 Å². The second-order valence-electron chi connectivity index (χ2n) is 3.68. The number of rotatable bonds is 3. The molecule has 1 aromatic heterocycles. The van der Waals surface area contributed by atoms with Gasteiger partial charge in [-0.3, -0.25) is 0 Å². The highest BCUT2D eigenvalue weighted by molar-refractivity contribution is 5.47. The summed E-state index contributed by atoms with van der Waals surface area (Å²) >= 11 is 0. The van der Waals surface area contributed by atoms with Crippen LogP contribution in [-0.4, -0.2) is 17.0 Å². The second kappa shape index (κ2) is 4.50. The van der Waals surface area contributed by atoms with Crippen LogP contribution in [0.25, 0.3) is 0 Å². The number of hydrogen-bond donors (Lipinski definition) is 1. The van der Waals surface area contributed by atoms with Gasteiger partial charge in [-0.2, -0.15) is 5.10 Å². The van der Waals surface area contributed by atoms with Crippen molar-refractivity contribution in [1.82, 2.24) is 10.2 Å². The Bertz CT molecular complexity index is 557. The molecule has 2 aromatic rings. The first-order valence-electron chi connectivity index (χ1n) is 5.45. The van der Waals surface area contributed by atoms with Gasteiger partial charge in [0.2, 0.25) is 12.7 Å². The first-order chi connectivity index (χ1) is 8.85. The van der Waals surface area contributed by atoms with Crippen LogP contribution in [0.4, 0.5) is 0 Å². The van der Waals surface area contributed by atoms with Crippen LogP contribution in [0.3, 0.4) is 0 Å². The molecule has 0 bridgehead atoms. The van der Waals surface area contributed by atoms with Crippen molar-refractivity contribution in [3.63, 3.8) is 0 Å². The van der Waals surface area contributed by atoms with Gasteiger partial charge < -0.3 is 19.9 Å². The van der Waals surface area contributed by atoms with Crippen LogP contribution in [-0.2, 0) is 6.54 Å². The van der Waals surface area contributed by atoms with E-state index in [1.807, 2.05) is 0 Å². The maximum absolute atomic E-state index is 5.55. The molecule has 6 heteroatoms. The van der Waals surface area contributed by atoms with Crippen LogP contribution in [0.2, 0.25) is 0 Å². The van der Waals surface area contributed by atoms with Gasteiger partial charge in [-0.1, -0.05) is 0 Å². The molecule has 0 saturated carbocycles. The molecule has 18 heavy (non-hydrogen) atoms. The standard InChI is InChI=1S/C12H11N3O3/c13-6-8-1-4-12(15-14-8)18-9-2-3-10-11(5-9)17-7-16-10/h1-5H,6-7,13H2. The molecule has 1 aromatic carbocycles. The third-order valence-electron chi connectivity index (χ3n) is 2.47. The van der Waals surface area contributed by atoms with Crippen LogP contribution in [0, 0.1) is 0 Å². The minimum absolute atomic E-state index is 0.240. The average Bonchev–Trinajstić information content (AvgIpc) is 2.87. The molecule has 0 spiro atoms. The van der Waals surface area contributed by atoms with Gasteiger partial charge in [0, 0.05) is 18.7 Å². The predicted molar refractivity (Wildman–Crippen MR) is 62.6 cm³/mol. The van der Waals surface area contributed by atoms with Gasteiger partial charge >= 0.3 is 0 Å². The highest BCUT2D eigenvalue weighted by Gasteiger charge is 2.14. The van der Waals surface area contributed by atoms with Crippen LogP contribution in [0.1, 0.15) is 5.69 Å². The zero-order chi connectivity index (χ0) is 12.4. The maximum atomic E-state index is 5.55. The van der Waals surface area contributed by atoms with E-state index in [4.69, 9.17) is 19.9 Å². The zero-order valence-electron chi connectivity index (χ0n) is 9.50. The normalized spacial score (nSPS) is 12.5. The largest absolute Gasteiger partial charge is 0.454 e. The summed E-state index contributed by atoms with van der Waals surface area (Å²) in [5, 5.41) is 7.82. The smallest absolute Gasteiger partial charge is 0.238 e. The highest BCUT2D eigenvalue weighted by Crippen LogP contribution is 2.36. The highest BCUT2D eigenvalue weighted by atomic mass is 16.7. The number of nitrogens with zero attached hydrogens (tertiary/aromatic N) is 2. The fourth-order valence-corrected chi connectivity index (χ4v) is 1.57. The summed E-state index contributed by atoms with van der Waals surface area (Å²) in [6.07, 6.45) is 0. The number of fused-ring (bicyclic) bond motifs is 1. The summed E-state index contributed by atoms with van der Waals surface area (Å²) in [5.74, 6) is 2.41. The lowest BCUT2D eigenvalue weighted by Gasteiger charge is -2.05. The van der Waals surface area contributed by atoms with Gasteiger partial charge in [0.15, 0.2) is 11.5 Å². The van der Waals surface area contributed by atoms with E-state index in [1.165, 1.54) is 0 Å². The topological polar surface area (TPSA) is 79.5 Å². The van der Waals surface area contributed by atoms with E-state index >= 15 is 0 Å². The molecule has 0 fully saturated rings. The van der Waals surface area contributed by atoms with Crippen LogP contribution < -0.4 is 19.9 Å². The lowest BCUT2D eigenvalue weighted by molar-refractivity contribution is 0.174. The van der Waals surface area contributed by atoms with E-state index in [9.17, 15) is 0 Å². The summed E-state index contributed by atoms with van der Waals surface area (Å²) in [6, 6.07) is 8.82. The molecule has 0 amide bonds. The van der Waals surface area contributed by atoms with Crippen molar-refractivity contribution < 1.29 is 14.2 Å². The maximum Gasteiger partial charge on any atom is 0.238 e. The Morgan fingerprint density at radius 3 is 2.78 bits per heavy atom. The molecule has 0 saturated heterocycles. The Hall–Kier alpha value is -2.34. The SMILES string of the molecule is NCc1ccc(Oc2ccc3c(c2)OCO3)nn1. The average molecular weight is 245 g/mol. The van der Waals surface area contributed by atoms with Crippen molar-refractivity contribution in [3.05, 3.63) is 36.0 Å². The summed E-state index contributed by atoms with van der Waals surface area (Å²) < 4.78 is 16.0. The Kier molecular flexibility index (Phi) is 2.70. The molecule has 0 aliphatic carbocycles. The van der Waals surface area contributed by atoms with E-state index in [1.54, 1.807) is 30.3 Å². The fourth-order valence-electron chi connectivity index (χ4n) is 1.57. The Morgan fingerprint density at radius 2 is 2.00 bits per heavy atom. The van der Waals surface area contributed by atoms with Crippen LogP contribution in [0.5, 0.6) is 23.1 Å². The molecule has 1 aliphatic rings. The molecule has 6 nitrogen and oxygen atoms in total. The molecule has 0 radical (unpaired) electrons. The van der Waals surface area contributed by atoms with Crippen molar-refractivity contribution in [3.8, 4) is 23.1 Å². The molecule has 1 aliphatic heterocycles. The van der Waals surface area contributed by atoms with Crippen LogP contribution >= 0.6 is 0 Å². The van der Waals surface area contributed by atoms with Gasteiger partial charge in [-0.25, -0.2) is 0 Å². The Morgan fingerprint density at radius 1 is 1.11 bits per heavy atom. The van der Waals surface area contributed by atoms with E-state index in [0.29, 0.717) is 35.4 Å². The number of ether oxygens (including phenoxy) is 3. The first-order valence-corrected chi connectivity index (χ1v) is 5.45. The quantitative estimate of drug-likeness (QED) is 0.881. The molecule has 0 atom stereocenters. The Labute approximate surface area is 103 Å². The minimum Gasteiger partial charge on any atom is -0.454 e. The van der Waals surface area contributed by atoms with Crippen molar-refractivity contribution in [2.24, 2.45) is 5.73 Å². The first kappa shape index (κ1) is 10.8. The van der Waals surface area contributed by atoms with E-state index in [0.717, 1.165) is 0 Å². The zero-order valence-corrected chi connectivity index (χ0v) is 9.50. The lowest BCUT2D eigenvalue weighted by atomic mass is 10.3. The minimum atomic E-state index is 0.240. The van der Waals surface area contributed by atoms with Gasteiger partial charge in [0.05, 0.1) is 5.69 Å². The summed E-state index contributed by atoms with van der Waals surface area (Å²) in [5.41, 5.74) is 6.16. The molecule has 0 unspecified atom stereocenters. The number of aromatic nitrogens is 2. The number of nitrogens with two attached hydrogens (primary N) is 1. The van der Waals surface area contributed by atoms with Gasteiger partial charge in [-0.15, -0.1) is 5.10 Å². The molecular formula is C12H11N3O3. The summed E-state index contributed by atoms with van der Waals surface area (Å²) in [6.45, 7) is 0.598. The summed E-state index contributed by atoms with van der Waals surface area (Å²) in [4.78, 5) is 0. The third-order valence-corrected chi connectivity index (χ3v) is 2.47. The molecule has 3 rings (SSSR count). The molecular weight excluding hydrogens is 234 g/mol. The Balaban J connectivity index is 1.79. The van der Waals surface area contributed by atoms with E-state index in [2.05, 4.69) is 10.2 Å². The number of benzene rings is 1. The van der Waals surface area contributed by atoms with Gasteiger partial charge in [0.25, 0.3) is 0 Å².